The minimum atomic E-state index is 0.313. The number of fused-ring (bicyclic) bond motifs is 2. The van der Waals surface area contributed by atoms with E-state index >= 15 is 0 Å². The molecule has 1 unspecified atom stereocenters. The lowest BCUT2D eigenvalue weighted by atomic mass is 9.88. The average Bonchev–Trinajstić information content (AvgIpc) is 2.92. The van der Waals surface area contributed by atoms with E-state index in [1.165, 1.54) is 24.0 Å². The fourth-order valence-corrected chi connectivity index (χ4v) is 3.16. The van der Waals surface area contributed by atoms with Crippen molar-refractivity contribution in [2.24, 2.45) is 0 Å². The van der Waals surface area contributed by atoms with Gasteiger partial charge in [0.25, 0.3) is 0 Å². The highest BCUT2D eigenvalue weighted by atomic mass is 15.3. The minimum Gasteiger partial charge on any atom is -0.346 e. The first-order valence-electron chi connectivity index (χ1n) is 7.47. The first kappa shape index (κ1) is 12.4. The van der Waals surface area contributed by atoms with Crippen LogP contribution in [-0.4, -0.2) is 14.6 Å². The molecule has 1 aliphatic rings. The average molecular weight is 278 g/mol. The van der Waals surface area contributed by atoms with Gasteiger partial charge in [-0.2, -0.15) is 4.98 Å². The molecule has 3 aromatic rings. The largest absolute Gasteiger partial charge is 0.346 e. The molecule has 0 spiro atoms. The van der Waals surface area contributed by atoms with Crippen LogP contribution in [0, 0.1) is 6.92 Å². The van der Waals surface area contributed by atoms with E-state index in [2.05, 4.69) is 52.7 Å². The van der Waals surface area contributed by atoms with E-state index in [0.29, 0.717) is 12.0 Å². The number of anilines is 1. The second kappa shape index (κ2) is 4.88. The van der Waals surface area contributed by atoms with E-state index in [9.17, 15) is 0 Å². The van der Waals surface area contributed by atoms with Crippen molar-refractivity contribution in [3.63, 3.8) is 0 Å². The molecule has 1 aromatic carbocycles. The maximum absolute atomic E-state index is 4.62. The number of aryl methyl sites for hydroxylation is 2. The Morgan fingerprint density at radius 3 is 3.00 bits per heavy atom. The van der Waals surface area contributed by atoms with Gasteiger partial charge in [0.05, 0.1) is 6.04 Å². The lowest BCUT2D eigenvalue weighted by Gasteiger charge is -2.25. The van der Waals surface area contributed by atoms with Crippen LogP contribution in [0.1, 0.15) is 35.6 Å². The molecular weight excluding hydrogens is 260 g/mol. The van der Waals surface area contributed by atoms with E-state index in [4.69, 9.17) is 0 Å². The molecule has 0 radical (unpaired) electrons. The summed E-state index contributed by atoms with van der Waals surface area (Å²) < 4.78 is 1.84. The number of aromatic nitrogens is 3. The summed E-state index contributed by atoms with van der Waals surface area (Å²) in [5, 5.41) is 8.05. The van der Waals surface area contributed by atoms with Crippen LogP contribution in [0.2, 0.25) is 0 Å². The molecule has 2 aromatic heterocycles. The van der Waals surface area contributed by atoms with Crippen LogP contribution in [-0.2, 0) is 6.42 Å². The Kier molecular flexibility index (Phi) is 2.88. The van der Waals surface area contributed by atoms with Gasteiger partial charge in [0.15, 0.2) is 5.65 Å². The highest BCUT2D eigenvalue weighted by Crippen LogP contribution is 2.31. The number of benzene rings is 1. The predicted octanol–water partition coefficient (Wildman–Crippen LogP) is 3.53. The van der Waals surface area contributed by atoms with Crippen molar-refractivity contribution in [2.75, 3.05) is 5.32 Å². The summed E-state index contributed by atoms with van der Waals surface area (Å²) in [5.74, 6) is 0.714. The Balaban J connectivity index is 1.68. The summed E-state index contributed by atoms with van der Waals surface area (Å²) in [5.41, 5.74) is 4.90. The summed E-state index contributed by atoms with van der Waals surface area (Å²) in [6, 6.07) is 13.0. The topological polar surface area (TPSA) is 42.2 Å². The minimum absolute atomic E-state index is 0.313. The third-order valence-corrected chi connectivity index (χ3v) is 4.23. The lowest BCUT2D eigenvalue weighted by molar-refractivity contribution is 0.596. The van der Waals surface area contributed by atoms with E-state index < -0.39 is 0 Å². The van der Waals surface area contributed by atoms with E-state index in [1.807, 2.05) is 16.8 Å². The SMILES string of the molecule is Cc1cccn2nc(NC3CCCc4ccccc43)nc12. The maximum Gasteiger partial charge on any atom is 0.243 e. The number of hydrogen-bond donors (Lipinski definition) is 1. The Bertz CT molecular complexity index is 790. The van der Waals surface area contributed by atoms with Crippen molar-refractivity contribution >= 4 is 11.6 Å². The van der Waals surface area contributed by atoms with E-state index in [-0.39, 0.29) is 0 Å². The molecule has 0 aliphatic heterocycles. The van der Waals surface area contributed by atoms with Crippen LogP contribution in [0.25, 0.3) is 5.65 Å². The van der Waals surface area contributed by atoms with Crippen LogP contribution in [0.4, 0.5) is 5.95 Å². The molecule has 1 N–H and O–H groups in total. The Hall–Kier alpha value is -2.36. The molecule has 4 nitrogen and oxygen atoms in total. The predicted molar refractivity (Wildman–Crippen MR) is 83.5 cm³/mol. The van der Waals surface area contributed by atoms with Crippen LogP contribution < -0.4 is 5.32 Å². The highest BCUT2D eigenvalue weighted by Gasteiger charge is 2.20. The van der Waals surface area contributed by atoms with E-state index in [1.54, 1.807) is 0 Å². The molecule has 106 valence electrons. The number of nitrogens with zero attached hydrogens (tertiary/aromatic N) is 3. The number of pyridine rings is 1. The fraction of sp³-hybridized carbons (Fsp3) is 0.294. The zero-order chi connectivity index (χ0) is 14.2. The molecular formula is C17H18N4. The molecule has 0 saturated carbocycles. The first-order chi connectivity index (χ1) is 10.3. The zero-order valence-corrected chi connectivity index (χ0v) is 12.1. The quantitative estimate of drug-likeness (QED) is 0.779. The van der Waals surface area contributed by atoms with Crippen molar-refractivity contribution in [1.82, 2.24) is 14.6 Å². The summed E-state index contributed by atoms with van der Waals surface area (Å²) in [6.07, 6.45) is 5.45. The molecule has 21 heavy (non-hydrogen) atoms. The zero-order valence-electron chi connectivity index (χ0n) is 12.1. The molecule has 4 rings (SSSR count). The highest BCUT2D eigenvalue weighted by molar-refractivity contribution is 5.50. The summed E-state index contributed by atoms with van der Waals surface area (Å²) >= 11 is 0. The van der Waals surface area contributed by atoms with Crippen molar-refractivity contribution in [3.8, 4) is 0 Å². The number of nitrogens with one attached hydrogen (secondary N) is 1. The Morgan fingerprint density at radius 1 is 1.19 bits per heavy atom. The second-order valence-electron chi connectivity index (χ2n) is 5.68. The van der Waals surface area contributed by atoms with Crippen LogP contribution in [0.3, 0.4) is 0 Å². The first-order valence-corrected chi connectivity index (χ1v) is 7.47. The monoisotopic (exact) mass is 278 g/mol. The van der Waals surface area contributed by atoms with Crippen molar-refractivity contribution in [2.45, 2.75) is 32.2 Å². The van der Waals surface area contributed by atoms with Gasteiger partial charge in [0.1, 0.15) is 0 Å². The third kappa shape index (κ3) is 2.17. The van der Waals surface area contributed by atoms with Gasteiger partial charge in [-0.05, 0) is 48.9 Å². The molecule has 0 saturated heterocycles. The van der Waals surface area contributed by atoms with Gasteiger partial charge in [0.2, 0.25) is 5.95 Å². The Labute approximate surface area is 123 Å². The van der Waals surface area contributed by atoms with Gasteiger partial charge in [-0.25, -0.2) is 4.52 Å². The lowest BCUT2D eigenvalue weighted by Crippen LogP contribution is -2.17. The van der Waals surface area contributed by atoms with Crippen molar-refractivity contribution in [3.05, 3.63) is 59.3 Å². The summed E-state index contributed by atoms with van der Waals surface area (Å²) in [7, 11) is 0. The molecule has 2 heterocycles. The van der Waals surface area contributed by atoms with Crippen LogP contribution in [0.15, 0.2) is 42.6 Å². The number of rotatable bonds is 2. The third-order valence-electron chi connectivity index (χ3n) is 4.23. The fourth-order valence-electron chi connectivity index (χ4n) is 3.16. The summed E-state index contributed by atoms with van der Waals surface area (Å²) in [6.45, 7) is 2.06. The van der Waals surface area contributed by atoms with E-state index in [0.717, 1.165) is 17.6 Å². The van der Waals surface area contributed by atoms with Gasteiger partial charge in [-0.15, -0.1) is 5.10 Å². The maximum atomic E-state index is 4.62. The van der Waals surface area contributed by atoms with Crippen molar-refractivity contribution < 1.29 is 0 Å². The normalized spacial score (nSPS) is 17.7. The second-order valence-corrected chi connectivity index (χ2v) is 5.68. The van der Waals surface area contributed by atoms with Gasteiger partial charge < -0.3 is 5.32 Å². The molecule has 0 bridgehead atoms. The van der Waals surface area contributed by atoms with Gasteiger partial charge in [-0.3, -0.25) is 0 Å². The van der Waals surface area contributed by atoms with Crippen LogP contribution in [0.5, 0.6) is 0 Å². The van der Waals surface area contributed by atoms with Crippen LogP contribution >= 0.6 is 0 Å². The molecule has 1 atom stereocenters. The van der Waals surface area contributed by atoms with Crippen molar-refractivity contribution in [1.29, 1.82) is 0 Å². The molecule has 0 fully saturated rings. The molecule has 4 heteroatoms. The molecule has 1 aliphatic carbocycles. The van der Waals surface area contributed by atoms with Gasteiger partial charge >= 0.3 is 0 Å². The van der Waals surface area contributed by atoms with Gasteiger partial charge in [0, 0.05) is 6.20 Å². The standard InChI is InChI=1S/C17H18N4/c1-12-6-5-11-21-16(12)19-17(20-21)18-15-10-4-8-13-7-2-3-9-14(13)15/h2-3,5-7,9,11,15H,4,8,10H2,1H3,(H,18,20). The molecule has 0 amide bonds. The Morgan fingerprint density at radius 2 is 2.10 bits per heavy atom. The summed E-state index contributed by atoms with van der Waals surface area (Å²) in [4.78, 5) is 4.62. The number of hydrogen-bond acceptors (Lipinski definition) is 3. The van der Waals surface area contributed by atoms with Gasteiger partial charge in [-0.1, -0.05) is 30.3 Å². The smallest absolute Gasteiger partial charge is 0.243 e.